The van der Waals surface area contributed by atoms with E-state index in [4.69, 9.17) is 0 Å². The summed E-state index contributed by atoms with van der Waals surface area (Å²) in [5, 5.41) is 5.50. The largest absolute Gasteiger partial charge is 0.0713 e. The Balaban J connectivity index is 1.26. The van der Waals surface area contributed by atoms with Gasteiger partial charge in [0.05, 0.1) is 5.41 Å². The Labute approximate surface area is 282 Å². The van der Waals surface area contributed by atoms with Gasteiger partial charge in [0.15, 0.2) is 0 Å². The van der Waals surface area contributed by atoms with Gasteiger partial charge in [-0.3, -0.25) is 0 Å². The molecule has 0 N–H and O–H groups in total. The molecule has 0 spiro atoms. The highest BCUT2D eigenvalue weighted by Crippen LogP contribution is 2.58. The van der Waals surface area contributed by atoms with Crippen LogP contribution in [0.4, 0.5) is 0 Å². The van der Waals surface area contributed by atoms with E-state index in [1.54, 1.807) is 0 Å². The minimum atomic E-state index is -0.469. The fourth-order valence-corrected chi connectivity index (χ4v) is 9.05. The minimum absolute atomic E-state index is 0.0594. The molecule has 2 aliphatic rings. The van der Waals surface area contributed by atoms with Crippen LogP contribution < -0.4 is 0 Å². The van der Waals surface area contributed by atoms with Crippen LogP contribution in [-0.2, 0) is 10.8 Å². The van der Waals surface area contributed by atoms with Crippen molar-refractivity contribution in [3.8, 4) is 33.4 Å². The van der Waals surface area contributed by atoms with Crippen molar-refractivity contribution in [3.05, 3.63) is 203 Å². The third kappa shape index (κ3) is 3.61. The van der Waals surface area contributed by atoms with Crippen LogP contribution >= 0.6 is 0 Å². The summed E-state index contributed by atoms with van der Waals surface area (Å²) in [6.07, 6.45) is 0. The Morgan fingerprint density at radius 1 is 0.333 bits per heavy atom. The van der Waals surface area contributed by atoms with Gasteiger partial charge in [-0.05, 0) is 113 Å². The maximum absolute atomic E-state index is 2.50. The van der Waals surface area contributed by atoms with E-state index in [0.29, 0.717) is 0 Å². The van der Waals surface area contributed by atoms with Crippen molar-refractivity contribution >= 4 is 21.5 Å². The molecule has 2 aliphatic carbocycles. The van der Waals surface area contributed by atoms with Crippen molar-refractivity contribution in [1.29, 1.82) is 0 Å². The number of hydrogen-bond donors (Lipinski definition) is 0. The summed E-state index contributed by atoms with van der Waals surface area (Å²) in [4.78, 5) is 0. The van der Waals surface area contributed by atoms with Gasteiger partial charge in [0, 0.05) is 5.41 Å². The lowest BCUT2D eigenvalue weighted by Crippen LogP contribution is -2.28. The average Bonchev–Trinajstić information content (AvgIpc) is 3.57. The van der Waals surface area contributed by atoms with Gasteiger partial charge in [-0.2, -0.15) is 0 Å². The molecule has 0 unspecified atom stereocenters. The fourth-order valence-electron chi connectivity index (χ4n) is 9.05. The standard InChI is InChI=1S/C48H34/c1-47(2)41-20-12-15-32-21-22-35-27-36(30-44(47)46(35)45(32)41)34-24-26-40-39-25-23-33(31-13-6-3-7-14-31)28-42(39)48(43(40)29-34,37-16-8-4-9-17-37)38-18-10-5-11-19-38/h3-30H,1-2H3. The molecule has 0 bridgehead atoms. The zero-order chi connectivity index (χ0) is 32.0. The van der Waals surface area contributed by atoms with Crippen LogP contribution in [0.25, 0.3) is 54.9 Å². The van der Waals surface area contributed by atoms with Gasteiger partial charge in [-0.15, -0.1) is 0 Å². The van der Waals surface area contributed by atoms with Gasteiger partial charge in [0.2, 0.25) is 0 Å². The molecule has 0 heteroatoms. The highest BCUT2D eigenvalue weighted by Gasteiger charge is 2.46. The first kappa shape index (κ1) is 27.4. The van der Waals surface area contributed by atoms with E-state index in [-0.39, 0.29) is 5.41 Å². The Kier molecular flexibility index (Phi) is 5.65. The predicted octanol–water partition coefficient (Wildman–Crippen LogP) is 12.3. The number of fused-ring (bicyclic) bond motifs is 3. The van der Waals surface area contributed by atoms with Gasteiger partial charge in [0.1, 0.15) is 0 Å². The number of benzene rings is 8. The molecule has 0 atom stereocenters. The lowest BCUT2D eigenvalue weighted by atomic mass is 9.67. The minimum Gasteiger partial charge on any atom is -0.0622 e. The van der Waals surface area contributed by atoms with Crippen LogP contribution in [0.15, 0.2) is 170 Å². The Morgan fingerprint density at radius 2 is 0.854 bits per heavy atom. The van der Waals surface area contributed by atoms with Crippen LogP contribution in [0, 0.1) is 0 Å². The van der Waals surface area contributed by atoms with E-state index in [9.17, 15) is 0 Å². The van der Waals surface area contributed by atoms with Crippen LogP contribution in [0.1, 0.15) is 47.2 Å². The number of hydrogen-bond acceptors (Lipinski definition) is 0. The fraction of sp³-hybridized carbons (Fsp3) is 0.0833. The zero-order valence-corrected chi connectivity index (χ0v) is 27.2. The molecule has 48 heavy (non-hydrogen) atoms. The van der Waals surface area contributed by atoms with Crippen molar-refractivity contribution < 1.29 is 0 Å². The van der Waals surface area contributed by atoms with Crippen molar-refractivity contribution in [1.82, 2.24) is 0 Å². The van der Waals surface area contributed by atoms with E-state index < -0.39 is 5.41 Å². The SMILES string of the molecule is CC1(C)c2cccc3ccc4cc(-c5ccc6c(c5)C(c5ccccc5)(c5ccccc5)c5cc(-c7ccccc7)ccc5-6)cc1c4c23. The third-order valence-corrected chi connectivity index (χ3v) is 11.3. The maximum atomic E-state index is 2.50. The van der Waals surface area contributed by atoms with Crippen LogP contribution in [0.3, 0.4) is 0 Å². The molecule has 0 aliphatic heterocycles. The molecule has 0 saturated heterocycles. The average molecular weight is 611 g/mol. The van der Waals surface area contributed by atoms with Crippen molar-refractivity contribution in [3.63, 3.8) is 0 Å². The van der Waals surface area contributed by atoms with Gasteiger partial charge < -0.3 is 0 Å². The van der Waals surface area contributed by atoms with Gasteiger partial charge >= 0.3 is 0 Å². The topological polar surface area (TPSA) is 0 Å². The van der Waals surface area contributed by atoms with Crippen molar-refractivity contribution in [2.75, 3.05) is 0 Å². The van der Waals surface area contributed by atoms with Crippen LogP contribution in [0.5, 0.6) is 0 Å². The Bertz CT molecular complexity index is 2520. The van der Waals surface area contributed by atoms with E-state index in [1.165, 1.54) is 88.3 Å². The first-order chi connectivity index (χ1) is 23.5. The smallest absolute Gasteiger partial charge is 0.0622 e. The van der Waals surface area contributed by atoms with Crippen molar-refractivity contribution in [2.45, 2.75) is 24.7 Å². The highest BCUT2D eigenvalue weighted by atomic mass is 14.5. The number of rotatable bonds is 4. The van der Waals surface area contributed by atoms with Gasteiger partial charge in [-0.1, -0.05) is 159 Å². The molecule has 0 heterocycles. The summed E-state index contributed by atoms with van der Waals surface area (Å²) >= 11 is 0. The zero-order valence-electron chi connectivity index (χ0n) is 27.2. The van der Waals surface area contributed by atoms with Gasteiger partial charge in [0.25, 0.3) is 0 Å². The lowest BCUT2D eigenvalue weighted by molar-refractivity contribution is 0.663. The molecule has 0 saturated carbocycles. The highest BCUT2D eigenvalue weighted by molar-refractivity contribution is 6.15. The first-order valence-electron chi connectivity index (χ1n) is 17.0. The Morgan fingerprint density at radius 3 is 1.48 bits per heavy atom. The summed E-state index contributed by atoms with van der Waals surface area (Å²) in [6, 6.07) is 63.7. The van der Waals surface area contributed by atoms with Crippen molar-refractivity contribution in [2.24, 2.45) is 0 Å². The van der Waals surface area contributed by atoms with E-state index in [1.807, 2.05) is 0 Å². The molecule has 0 nitrogen and oxygen atoms in total. The molecule has 0 radical (unpaired) electrons. The molecular weight excluding hydrogens is 577 g/mol. The molecule has 0 fully saturated rings. The summed E-state index contributed by atoms with van der Waals surface area (Å²) < 4.78 is 0. The van der Waals surface area contributed by atoms with E-state index in [0.717, 1.165) is 0 Å². The molecule has 0 aromatic heterocycles. The van der Waals surface area contributed by atoms with E-state index in [2.05, 4.69) is 184 Å². The first-order valence-corrected chi connectivity index (χ1v) is 17.0. The van der Waals surface area contributed by atoms with Gasteiger partial charge in [-0.25, -0.2) is 0 Å². The summed E-state index contributed by atoms with van der Waals surface area (Å²) in [5.41, 5.74) is 15.2. The monoisotopic (exact) mass is 610 g/mol. The predicted molar refractivity (Wildman–Crippen MR) is 202 cm³/mol. The molecule has 8 aromatic carbocycles. The molecular formula is C48H34. The molecule has 8 aromatic rings. The lowest BCUT2D eigenvalue weighted by Gasteiger charge is -2.34. The Hall–Kier alpha value is -5.72. The van der Waals surface area contributed by atoms with E-state index >= 15 is 0 Å². The second kappa shape index (κ2) is 9.89. The summed E-state index contributed by atoms with van der Waals surface area (Å²) in [6.45, 7) is 4.78. The maximum Gasteiger partial charge on any atom is 0.0713 e. The molecule has 226 valence electrons. The summed E-state index contributed by atoms with van der Waals surface area (Å²) in [5.74, 6) is 0. The second-order valence-corrected chi connectivity index (χ2v) is 14.1. The van der Waals surface area contributed by atoms with Crippen LogP contribution in [-0.4, -0.2) is 0 Å². The normalized spacial score (nSPS) is 14.8. The molecule has 10 rings (SSSR count). The second-order valence-electron chi connectivity index (χ2n) is 14.1. The summed E-state index contributed by atoms with van der Waals surface area (Å²) in [7, 11) is 0. The molecule has 0 amide bonds. The quantitative estimate of drug-likeness (QED) is 0.174. The van der Waals surface area contributed by atoms with Crippen LogP contribution in [0.2, 0.25) is 0 Å². The third-order valence-electron chi connectivity index (χ3n) is 11.3.